The zero-order valence-electron chi connectivity index (χ0n) is 15.7. The minimum absolute atomic E-state index is 0.442. The number of thioether (sulfide) groups is 1. The number of rotatable bonds is 5. The minimum atomic E-state index is -0.454. The largest absolute Gasteiger partial charge is 0.463 e. The molecule has 2 N–H and O–H groups in total. The highest BCUT2D eigenvalue weighted by molar-refractivity contribution is 7.98. The maximum atomic E-state index is 9.69. The smallest absolute Gasteiger partial charge is 0.189 e. The Morgan fingerprint density at radius 2 is 2.14 bits per heavy atom. The molecule has 0 bridgehead atoms. The molecule has 4 aromatic heterocycles. The number of nitrogens with one attached hydrogen (secondary N) is 1. The highest BCUT2D eigenvalue weighted by atomic mass is 32.2. The fourth-order valence-electron chi connectivity index (χ4n) is 3.82. The summed E-state index contributed by atoms with van der Waals surface area (Å²) in [4.78, 5) is 15.4. The number of nitrogens with zero attached hydrogens (tertiary/aromatic N) is 3. The van der Waals surface area contributed by atoms with Crippen molar-refractivity contribution in [2.24, 2.45) is 0 Å². The summed E-state index contributed by atoms with van der Waals surface area (Å²) in [6, 6.07) is 3.88. The van der Waals surface area contributed by atoms with Gasteiger partial charge in [0.25, 0.3) is 0 Å². The minimum Gasteiger partial charge on any atom is -0.463 e. The number of hydrogen-bond donors (Lipinski definition) is 2. The maximum absolute atomic E-state index is 9.69. The zero-order valence-corrected chi connectivity index (χ0v) is 17.3. The average molecular weight is 413 g/mol. The van der Waals surface area contributed by atoms with Crippen LogP contribution in [0, 0.1) is 0 Å². The number of fused-ring (bicyclic) bond motifs is 5. The molecule has 8 heteroatoms. The van der Waals surface area contributed by atoms with Crippen LogP contribution in [0.3, 0.4) is 0 Å². The SMILES string of the molecule is CSc1nc(NC[C@@H](C)O)c2sc3nc(-c4ccco4)c4c(c3c2n1)CCC4. The quantitative estimate of drug-likeness (QED) is 0.369. The predicted molar refractivity (Wildman–Crippen MR) is 114 cm³/mol. The first-order valence-electron chi connectivity index (χ1n) is 9.31. The van der Waals surface area contributed by atoms with Gasteiger partial charge in [-0.05, 0) is 55.7 Å². The summed E-state index contributed by atoms with van der Waals surface area (Å²) in [5.74, 6) is 1.59. The molecule has 1 aliphatic carbocycles. The first-order valence-corrected chi connectivity index (χ1v) is 11.4. The lowest BCUT2D eigenvalue weighted by Crippen LogP contribution is -2.16. The van der Waals surface area contributed by atoms with Crippen LogP contribution in [0.4, 0.5) is 5.82 Å². The Labute approximate surface area is 170 Å². The van der Waals surface area contributed by atoms with Crippen LogP contribution in [0.25, 0.3) is 31.9 Å². The molecule has 0 saturated heterocycles. The molecule has 0 amide bonds. The number of anilines is 1. The van der Waals surface area contributed by atoms with Gasteiger partial charge in [-0.25, -0.2) is 15.0 Å². The van der Waals surface area contributed by atoms with Crippen LogP contribution in [-0.4, -0.2) is 39.0 Å². The van der Waals surface area contributed by atoms with E-state index in [1.165, 1.54) is 22.9 Å². The third kappa shape index (κ3) is 2.87. The van der Waals surface area contributed by atoms with Crippen molar-refractivity contribution in [3.05, 3.63) is 29.5 Å². The molecule has 0 spiro atoms. The second kappa shape index (κ2) is 7.02. The van der Waals surface area contributed by atoms with Crippen molar-refractivity contribution in [1.82, 2.24) is 15.0 Å². The Morgan fingerprint density at radius 1 is 1.29 bits per heavy atom. The van der Waals surface area contributed by atoms with Crippen LogP contribution in [0.5, 0.6) is 0 Å². The number of aryl methyl sites for hydroxylation is 1. The first kappa shape index (κ1) is 17.9. The van der Waals surface area contributed by atoms with Gasteiger partial charge in [0.1, 0.15) is 16.3 Å². The standard InChI is InChI=1S/C20H20N4O2S2/c1-10(25)9-21-18-17-16(23-20(24-18)27-2)14-11-5-3-6-12(11)15(22-19(14)28-17)13-7-4-8-26-13/h4,7-8,10,25H,3,5-6,9H2,1-2H3,(H,21,23,24)/t10-/m1/s1. The van der Waals surface area contributed by atoms with Crippen LogP contribution < -0.4 is 5.32 Å². The number of aliphatic hydroxyl groups excluding tert-OH is 1. The van der Waals surface area contributed by atoms with E-state index in [0.717, 1.165) is 62.1 Å². The van der Waals surface area contributed by atoms with Crippen molar-refractivity contribution in [2.75, 3.05) is 18.1 Å². The molecule has 0 saturated carbocycles. The lowest BCUT2D eigenvalue weighted by Gasteiger charge is -2.10. The van der Waals surface area contributed by atoms with Gasteiger partial charge in [0.05, 0.1) is 22.6 Å². The maximum Gasteiger partial charge on any atom is 0.189 e. The third-order valence-electron chi connectivity index (χ3n) is 5.02. The molecule has 0 radical (unpaired) electrons. The summed E-state index contributed by atoms with van der Waals surface area (Å²) in [6.07, 6.45) is 6.38. The Morgan fingerprint density at radius 3 is 2.89 bits per heavy atom. The fraction of sp³-hybridized carbons (Fsp3) is 0.350. The van der Waals surface area contributed by atoms with Gasteiger partial charge in [0.2, 0.25) is 0 Å². The van der Waals surface area contributed by atoms with Gasteiger partial charge in [-0.15, -0.1) is 11.3 Å². The molecule has 0 aliphatic heterocycles. The van der Waals surface area contributed by atoms with Crippen LogP contribution >= 0.6 is 23.1 Å². The van der Waals surface area contributed by atoms with E-state index in [4.69, 9.17) is 14.4 Å². The molecule has 1 atom stereocenters. The molecule has 1 aliphatic rings. The summed E-state index contributed by atoms with van der Waals surface area (Å²) in [7, 11) is 0. The fourth-order valence-corrected chi connectivity index (χ4v) is 5.29. The van der Waals surface area contributed by atoms with Crippen molar-refractivity contribution < 1.29 is 9.52 Å². The molecular weight excluding hydrogens is 392 g/mol. The number of hydrogen-bond acceptors (Lipinski definition) is 8. The lowest BCUT2D eigenvalue weighted by molar-refractivity contribution is 0.208. The molecule has 5 rings (SSSR count). The summed E-state index contributed by atoms with van der Waals surface area (Å²) < 4.78 is 6.66. The number of aliphatic hydroxyl groups is 1. The van der Waals surface area contributed by atoms with Crippen LogP contribution in [0.1, 0.15) is 24.5 Å². The molecule has 28 heavy (non-hydrogen) atoms. The zero-order chi connectivity index (χ0) is 19.3. The number of aromatic nitrogens is 3. The Balaban J connectivity index is 1.80. The van der Waals surface area contributed by atoms with Gasteiger partial charge in [0, 0.05) is 11.9 Å². The lowest BCUT2D eigenvalue weighted by atomic mass is 10.0. The number of thiophene rings is 1. The molecular formula is C20H20N4O2S2. The van der Waals surface area contributed by atoms with E-state index < -0.39 is 6.10 Å². The van der Waals surface area contributed by atoms with E-state index in [1.54, 1.807) is 24.5 Å². The van der Waals surface area contributed by atoms with E-state index >= 15 is 0 Å². The molecule has 6 nitrogen and oxygen atoms in total. The molecule has 0 unspecified atom stereocenters. The second-order valence-corrected chi connectivity index (χ2v) is 8.77. The summed E-state index contributed by atoms with van der Waals surface area (Å²) in [5.41, 5.74) is 4.54. The molecule has 0 fully saturated rings. The topological polar surface area (TPSA) is 84.1 Å². The van der Waals surface area contributed by atoms with Crippen molar-refractivity contribution >= 4 is 49.3 Å². The van der Waals surface area contributed by atoms with Crippen molar-refractivity contribution in [3.63, 3.8) is 0 Å². The van der Waals surface area contributed by atoms with Gasteiger partial charge < -0.3 is 14.8 Å². The van der Waals surface area contributed by atoms with Gasteiger partial charge >= 0.3 is 0 Å². The van der Waals surface area contributed by atoms with Crippen LogP contribution in [0.2, 0.25) is 0 Å². The van der Waals surface area contributed by atoms with Crippen LogP contribution in [0.15, 0.2) is 28.0 Å². The van der Waals surface area contributed by atoms with Crippen molar-refractivity contribution in [3.8, 4) is 11.5 Å². The second-order valence-electron chi connectivity index (χ2n) is 7.00. The van der Waals surface area contributed by atoms with E-state index in [-0.39, 0.29) is 0 Å². The molecule has 144 valence electrons. The number of pyridine rings is 1. The summed E-state index contributed by atoms with van der Waals surface area (Å²) in [6.45, 7) is 2.20. The Hall–Kier alpha value is -2.16. The first-order chi connectivity index (χ1) is 13.7. The summed E-state index contributed by atoms with van der Waals surface area (Å²) in [5, 5.41) is 14.9. The highest BCUT2D eigenvalue weighted by Crippen LogP contribution is 2.44. The number of furan rings is 1. The monoisotopic (exact) mass is 412 g/mol. The van der Waals surface area contributed by atoms with E-state index in [2.05, 4.69) is 10.3 Å². The predicted octanol–water partition coefficient (Wildman–Crippen LogP) is 4.50. The summed E-state index contributed by atoms with van der Waals surface area (Å²) >= 11 is 3.13. The molecule has 4 heterocycles. The Bertz CT molecular complexity index is 1170. The van der Waals surface area contributed by atoms with Crippen molar-refractivity contribution in [1.29, 1.82) is 0 Å². The third-order valence-corrected chi connectivity index (χ3v) is 6.64. The average Bonchev–Trinajstić information content (AvgIpc) is 3.43. The molecule has 0 aromatic carbocycles. The van der Waals surface area contributed by atoms with Gasteiger partial charge in [-0.1, -0.05) is 11.8 Å². The highest BCUT2D eigenvalue weighted by Gasteiger charge is 2.26. The van der Waals surface area contributed by atoms with E-state index in [1.807, 2.05) is 18.4 Å². The van der Waals surface area contributed by atoms with Gasteiger partial charge in [-0.2, -0.15) is 0 Å². The van der Waals surface area contributed by atoms with Gasteiger partial charge in [-0.3, -0.25) is 0 Å². The van der Waals surface area contributed by atoms with E-state index in [0.29, 0.717) is 6.54 Å². The van der Waals surface area contributed by atoms with Gasteiger partial charge in [0.15, 0.2) is 10.9 Å². The van der Waals surface area contributed by atoms with Crippen LogP contribution in [-0.2, 0) is 12.8 Å². The Kier molecular flexibility index (Phi) is 4.49. The van der Waals surface area contributed by atoms with Crippen molar-refractivity contribution in [2.45, 2.75) is 37.4 Å². The normalized spacial score (nSPS) is 14.7. The van der Waals surface area contributed by atoms with E-state index in [9.17, 15) is 5.11 Å². The molecule has 4 aromatic rings.